The van der Waals surface area contributed by atoms with Crippen LogP contribution < -0.4 is 10.1 Å². The second kappa shape index (κ2) is 8.49. The zero-order valence-electron chi connectivity index (χ0n) is 12.7. The van der Waals surface area contributed by atoms with Crippen molar-refractivity contribution in [2.24, 2.45) is 0 Å². The Morgan fingerprint density at radius 1 is 1.21 bits per heavy atom. The first kappa shape index (κ1) is 16.4. The molecule has 0 radical (unpaired) electrons. The van der Waals surface area contributed by atoms with Gasteiger partial charge in [-0.05, 0) is 43.7 Å². The van der Waals surface area contributed by atoms with Crippen LogP contribution in [-0.2, 0) is 6.54 Å². The Labute approximate surface area is 122 Å². The first-order chi connectivity index (χ1) is 9.19. The van der Waals surface area contributed by atoms with Crippen LogP contribution in [0, 0.1) is 0 Å². The SMILES string of the molecule is CCOc1cccc(CNCC(CC)(CC)SC)c1. The monoisotopic (exact) mass is 281 g/mol. The van der Waals surface area contributed by atoms with E-state index in [1.807, 2.05) is 24.8 Å². The van der Waals surface area contributed by atoms with Gasteiger partial charge in [-0.25, -0.2) is 0 Å². The van der Waals surface area contributed by atoms with Gasteiger partial charge in [-0.3, -0.25) is 0 Å². The van der Waals surface area contributed by atoms with E-state index in [0.29, 0.717) is 4.75 Å². The molecule has 0 bridgehead atoms. The van der Waals surface area contributed by atoms with Crippen LogP contribution >= 0.6 is 11.8 Å². The van der Waals surface area contributed by atoms with E-state index in [1.54, 1.807) is 0 Å². The third-order valence-corrected chi connectivity index (χ3v) is 5.30. The van der Waals surface area contributed by atoms with Gasteiger partial charge in [0.2, 0.25) is 0 Å². The van der Waals surface area contributed by atoms with Gasteiger partial charge >= 0.3 is 0 Å². The van der Waals surface area contributed by atoms with E-state index in [0.717, 1.165) is 25.4 Å². The minimum atomic E-state index is 0.373. The molecule has 1 rings (SSSR count). The molecule has 1 aromatic rings. The Morgan fingerprint density at radius 3 is 2.53 bits per heavy atom. The predicted molar refractivity (Wildman–Crippen MR) is 86.1 cm³/mol. The topological polar surface area (TPSA) is 21.3 Å². The number of rotatable bonds is 9. The highest BCUT2D eigenvalue weighted by atomic mass is 32.2. The van der Waals surface area contributed by atoms with Gasteiger partial charge in [-0.2, -0.15) is 11.8 Å². The molecular formula is C16H27NOS. The molecule has 0 heterocycles. The number of thioether (sulfide) groups is 1. The summed E-state index contributed by atoms with van der Waals surface area (Å²) in [5.41, 5.74) is 1.29. The molecule has 0 unspecified atom stereocenters. The summed E-state index contributed by atoms with van der Waals surface area (Å²) < 4.78 is 5.90. The van der Waals surface area contributed by atoms with E-state index in [-0.39, 0.29) is 0 Å². The van der Waals surface area contributed by atoms with E-state index in [4.69, 9.17) is 4.74 Å². The molecule has 2 nitrogen and oxygen atoms in total. The van der Waals surface area contributed by atoms with Gasteiger partial charge in [0.1, 0.15) is 5.75 Å². The van der Waals surface area contributed by atoms with Gasteiger partial charge in [0.25, 0.3) is 0 Å². The summed E-state index contributed by atoms with van der Waals surface area (Å²) in [6, 6.07) is 8.34. The van der Waals surface area contributed by atoms with Gasteiger partial charge in [-0.1, -0.05) is 26.0 Å². The number of nitrogens with one attached hydrogen (secondary N) is 1. The summed E-state index contributed by atoms with van der Waals surface area (Å²) in [5.74, 6) is 0.962. The fourth-order valence-electron chi connectivity index (χ4n) is 2.21. The molecule has 0 aromatic heterocycles. The number of hydrogen-bond acceptors (Lipinski definition) is 3. The molecule has 0 saturated heterocycles. The van der Waals surface area contributed by atoms with Crippen molar-refractivity contribution >= 4 is 11.8 Å². The van der Waals surface area contributed by atoms with Crippen molar-refractivity contribution in [3.8, 4) is 5.75 Å². The summed E-state index contributed by atoms with van der Waals surface area (Å²) in [6.45, 7) is 9.25. The first-order valence-corrected chi connectivity index (χ1v) is 8.39. The van der Waals surface area contributed by atoms with E-state index < -0.39 is 0 Å². The third kappa shape index (κ3) is 5.07. The highest BCUT2D eigenvalue weighted by Crippen LogP contribution is 2.29. The smallest absolute Gasteiger partial charge is 0.119 e. The minimum Gasteiger partial charge on any atom is -0.494 e. The van der Waals surface area contributed by atoms with Crippen LogP contribution in [0.3, 0.4) is 0 Å². The second-order valence-electron chi connectivity index (χ2n) is 4.78. The average molecular weight is 281 g/mol. The van der Waals surface area contributed by atoms with Crippen LogP contribution in [0.5, 0.6) is 5.75 Å². The normalized spacial score (nSPS) is 11.6. The molecule has 0 aliphatic rings. The molecule has 0 fully saturated rings. The fraction of sp³-hybridized carbons (Fsp3) is 0.625. The zero-order valence-corrected chi connectivity index (χ0v) is 13.5. The van der Waals surface area contributed by atoms with Crippen molar-refractivity contribution in [3.05, 3.63) is 29.8 Å². The summed E-state index contributed by atoms with van der Waals surface area (Å²) >= 11 is 1.98. The Bertz CT molecular complexity index is 355. The quantitative estimate of drug-likeness (QED) is 0.736. The van der Waals surface area contributed by atoms with Crippen LogP contribution in [0.25, 0.3) is 0 Å². The maximum atomic E-state index is 5.53. The Kier molecular flexibility index (Phi) is 7.32. The zero-order chi connectivity index (χ0) is 14.1. The summed E-state index contributed by atoms with van der Waals surface area (Å²) in [7, 11) is 0. The molecule has 19 heavy (non-hydrogen) atoms. The lowest BCUT2D eigenvalue weighted by molar-refractivity contribution is 0.339. The van der Waals surface area contributed by atoms with Crippen molar-refractivity contribution in [1.29, 1.82) is 0 Å². The number of benzene rings is 1. The number of ether oxygens (including phenoxy) is 1. The van der Waals surface area contributed by atoms with Crippen LogP contribution in [0.1, 0.15) is 39.2 Å². The molecule has 0 saturated carbocycles. The largest absolute Gasteiger partial charge is 0.494 e. The Balaban J connectivity index is 2.50. The third-order valence-electron chi connectivity index (χ3n) is 3.71. The van der Waals surface area contributed by atoms with Crippen molar-refractivity contribution in [2.75, 3.05) is 19.4 Å². The van der Waals surface area contributed by atoms with Crippen molar-refractivity contribution in [3.63, 3.8) is 0 Å². The van der Waals surface area contributed by atoms with Gasteiger partial charge < -0.3 is 10.1 Å². The van der Waals surface area contributed by atoms with Crippen LogP contribution in [0.2, 0.25) is 0 Å². The van der Waals surface area contributed by atoms with Gasteiger partial charge in [-0.15, -0.1) is 0 Å². The lowest BCUT2D eigenvalue weighted by atomic mass is 10.0. The van der Waals surface area contributed by atoms with Crippen molar-refractivity contribution in [2.45, 2.75) is 44.9 Å². The van der Waals surface area contributed by atoms with Crippen LogP contribution in [-0.4, -0.2) is 24.2 Å². The first-order valence-electron chi connectivity index (χ1n) is 7.17. The second-order valence-corrected chi connectivity index (χ2v) is 6.05. The highest BCUT2D eigenvalue weighted by molar-refractivity contribution is 8.00. The molecule has 1 N–H and O–H groups in total. The molecular weight excluding hydrogens is 254 g/mol. The van der Waals surface area contributed by atoms with Crippen LogP contribution in [0.4, 0.5) is 0 Å². The van der Waals surface area contributed by atoms with Gasteiger partial charge in [0.05, 0.1) is 6.61 Å². The molecule has 0 spiro atoms. The predicted octanol–water partition coefficient (Wildman–Crippen LogP) is 4.10. The molecule has 1 aromatic carbocycles. The van der Waals surface area contributed by atoms with Gasteiger partial charge in [0, 0.05) is 17.8 Å². The van der Waals surface area contributed by atoms with Crippen LogP contribution in [0.15, 0.2) is 24.3 Å². The van der Waals surface area contributed by atoms with E-state index >= 15 is 0 Å². The van der Waals surface area contributed by atoms with Crippen molar-refractivity contribution < 1.29 is 4.74 Å². The molecule has 0 aliphatic carbocycles. The summed E-state index contributed by atoms with van der Waals surface area (Å²) in [6.07, 6.45) is 4.62. The van der Waals surface area contributed by atoms with E-state index in [1.165, 1.54) is 18.4 Å². The maximum Gasteiger partial charge on any atom is 0.119 e. The van der Waals surface area contributed by atoms with E-state index in [2.05, 4.69) is 43.6 Å². The Hall–Kier alpha value is -0.670. The van der Waals surface area contributed by atoms with E-state index in [9.17, 15) is 0 Å². The molecule has 108 valence electrons. The summed E-state index contributed by atoms with van der Waals surface area (Å²) in [4.78, 5) is 0. The minimum absolute atomic E-state index is 0.373. The Morgan fingerprint density at radius 2 is 1.95 bits per heavy atom. The van der Waals surface area contributed by atoms with Crippen molar-refractivity contribution in [1.82, 2.24) is 5.32 Å². The summed E-state index contributed by atoms with van der Waals surface area (Å²) in [5, 5.41) is 3.59. The highest BCUT2D eigenvalue weighted by Gasteiger charge is 2.23. The number of hydrogen-bond donors (Lipinski definition) is 1. The standard InChI is InChI=1S/C16H27NOS/c1-5-16(6-2,19-4)13-17-12-14-9-8-10-15(11-14)18-7-3/h8-11,17H,5-7,12-13H2,1-4H3. The van der Waals surface area contributed by atoms with Gasteiger partial charge in [0.15, 0.2) is 0 Å². The lowest BCUT2D eigenvalue weighted by Gasteiger charge is -2.30. The molecule has 0 amide bonds. The fourth-order valence-corrected chi connectivity index (χ4v) is 3.03. The molecule has 3 heteroatoms. The lowest BCUT2D eigenvalue weighted by Crippen LogP contribution is -2.36. The maximum absolute atomic E-state index is 5.53. The average Bonchev–Trinajstić information content (AvgIpc) is 2.45. The molecule has 0 atom stereocenters. The molecule has 0 aliphatic heterocycles.